The van der Waals surface area contributed by atoms with Crippen LogP contribution >= 0.6 is 11.1 Å². The summed E-state index contributed by atoms with van der Waals surface area (Å²) in [5.41, 5.74) is 1.95. The van der Waals surface area contributed by atoms with E-state index in [0.717, 1.165) is 30.2 Å². The van der Waals surface area contributed by atoms with Crippen molar-refractivity contribution in [3.05, 3.63) is 53.8 Å². The first-order valence-corrected chi connectivity index (χ1v) is 15.4. The minimum absolute atomic E-state index is 0.311. The van der Waals surface area contributed by atoms with E-state index in [1.165, 1.54) is 74.9 Å². The summed E-state index contributed by atoms with van der Waals surface area (Å²) in [7, 11) is -0.879. The average molecular weight is 499 g/mol. The number of hydrogen-bond donors (Lipinski definition) is 0. The van der Waals surface area contributed by atoms with Crippen LogP contribution in [0, 0.1) is 17.7 Å². The molecule has 33 heavy (non-hydrogen) atoms. The highest BCUT2D eigenvalue weighted by atomic mass is 35.6. The summed E-state index contributed by atoms with van der Waals surface area (Å²) in [6.45, 7) is 0. The number of rotatable bonds is 6. The molecular weight excluding hydrogens is 468 g/mol. The van der Waals surface area contributed by atoms with Crippen LogP contribution in [0.25, 0.3) is 11.1 Å². The van der Waals surface area contributed by atoms with Crippen LogP contribution < -0.4 is 4.74 Å². The molecule has 0 aromatic heterocycles. The molecule has 0 radical (unpaired) electrons. The van der Waals surface area contributed by atoms with Gasteiger partial charge in [-0.05, 0) is 84.9 Å². The van der Waals surface area contributed by atoms with Gasteiger partial charge in [-0.25, -0.2) is 4.39 Å². The molecule has 1 aliphatic heterocycles. The molecule has 1 saturated heterocycles. The first-order valence-electron chi connectivity index (χ1n) is 12.1. The van der Waals surface area contributed by atoms with Gasteiger partial charge in [-0.3, -0.25) is 0 Å². The van der Waals surface area contributed by atoms with E-state index in [4.69, 9.17) is 11.1 Å². The van der Waals surface area contributed by atoms with Gasteiger partial charge in [0.25, 0.3) is 0 Å². The Morgan fingerprint density at radius 1 is 0.848 bits per heavy atom. The van der Waals surface area contributed by atoms with Crippen molar-refractivity contribution in [1.82, 2.24) is 0 Å². The normalized spacial score (nSPS) is 26.2. The van der Waals surface area contributed by atoms with Crippen LogP contribution in [-0.2, 0) is 0 Å². The second-order valence-corrected chi connectivity index (χ2v) is 13.9. The maximum atomic E-state index is 14.9. The van der Waals surface area contributed by atoms with Crippen molar-refractivity contribution in [2.24, 2.45) is 11.8 Å². The van der Waals surface area contributed by atoms with Crippen LogP contribution in [0.1, 0.15) is 62.8 Å². The lowest BCUT2D eigenvalue weighted by atomic mass is 9.76. The first-order chi connectivity index (χ1) is 15.8. The van der Waals surface area contributed by atoms with E-state index >= 15 is 0 Å². The summed E-state index contributed by atoms with van der Waals surface area (Å²) in [5, 5.41) is 0. The molecule has 0 unspecified atom stereocenters. The van der Waals surface area contributed by atoms with E-state index in [-0.39, 0.29) is 11.6 Å². The Morgan fingerprint density at radius 2 is 1.45 bits per heavy atom. The SMILES string of the molecule is Fc1cc([C@H]2CC[C@H](CCC3CC[SiH](Cl)CC3)CC2)ccc1-c1ccc(OC(F)(F)F)cc1. The van der Waals surface area contributed by atoms with E-state index < -0.39 is 14.5 Å². The maximum Gasteiger partial charge on any atom is 0.573 e. The van der Waals surface area contributed by atoms with Gasteiger partial charge < -0.3 is 4.74 Å². The highest BCUT2D eigenvalue weighted by Crippen LogP contribution is 2.40. The zero-order valence-corrected chi connectivity index (χ0v) is 20.6. The quantitative estimate of drug-likeness (QED) is 0.219. The predicted octanol–water partition coefficient (Wildman–Crippen LogP) is 8.82. The van der Waals surface area contributed by atoms with Gasteiger partial charge in [0.05, 0.1) is 0 Å². The number of alkyl halides is 3. The Bertz CT molecular complexity index is 901. The fraction of sp³-hybridized carbons (Fsp3) is 0.538. The number of ether oxygens (including phenoxy) is 1. The van der Waals surface area contributed by atoms with Gasteiger partial charge in [0, 0.05) is 5.56 Å². The van der Waals surface area contributed by atoms with Gasteiger partial charge in [0.2, 0.25) is 0 Å². The zero-order chi connectivity index (χ0) is 23.4. The highest BCUT2D eigenvalue weighted by Gasteiger charge is 2.31. The van der Waals surface area contributed by atoms with Crippen molar-refractivity contribution in [1.29, 1.82) is 0 Å². The molecule has 2 fully saturated rings. The third-order valence-corrected chi connectivity index (χ3v) is 10.7. The molecular formula is C26H31ClF4OSi. The number of benzene rings is 2. The maximum absolute atomic E-state index is 14.9. The van der Waals surface area contributed by atoms with Crippen LogP contribution in [0.4, 0.5) is 17.6 Å². The fourth-order valence-electron chi connectivity index (χ4n) is 5.52. The molecule has 1 heterocycles. The van der Waals surface area contributed by atoms with Gasteiger partial charge in [0.1, 0.15) is 19.7 Å². The Morgan fingerprint density at radius 3 is 2.03 bits per heavy atom. The van der Waals surface area contributed by atoms with E-state index in [0.29, 0.717) is 17.0 Å². The molecule has 0 atom stereocenters. The summed E-state index contributed by atoms with van der Waals surface area (Å²) in [6, 6.07) is 13.2. The second-order valence-electron chi connectivity index (χ2n) is 9.72. The van der Waals surface area contributed by atoms with Gasteiger partial charge in [-0.1, -0.05) is 49.9 Å². The minimum Gasteiger partial charge on any atom is -0.406 e. The summed E-state index contributed by atoms with van der Waals surface area (Å²) in [4.78, 5) is 0. The van der Waals surface area contributed by atoms with Gasteiger partial charge >= 0.3 is 6.36 Å². The lowest BCUT2D eigenvalue weighted by molar-refractivity contribution is -0.274. The van der Waals surface area contributed by atoms with Crippen molar-refractivity contribution in [2.75, 3.05) is 0 Å². The van der Waals surface area contributed by atoms with Crippen molar-refractivity contribution < 1.29 is 22.3 Å². The Labute approximate surface area is 199 Å². The Hall–Kier alpha value is -1.53. The first kappa shape index (κ1) is 24.6. The lowest BCUT2D eigenvalue weighted by Gasteiger charge is -2.31. The van der Waals surface area contributed by atoms with E-state index in [1.807, 2.05) is 6.07 Å². The van der Waals surface area contributed by atoms with Crippen LogP contribution in [0.2, 0.25) is 12.1 Å². The largest absolute Gasteiger partial charge is 0.573 e. The monoisotopic (exact) mass is 498 g/mol. The Kier molecular flexibility index (Phi) is 8.05. The minimum atomic E-state index is -4.74. The molecule has 180 valence electrons. The zero-order valence-electron chi connectivity index (χ0n) is 18.7. The molecule has 7 heteroatoms. The summed E-state index contributed by atoms with van der Waals surface area (Å²) < 4.78 is 55.8. The summed E-state index contributed by atoms with van der Waals surface area (Å²) in [6.07, 6.45) is 5.17. The van der Waals surface area contributed by atoms with E-state index in [2.05, 4.69) is 4.74 Å². The van der Waals surface area contributed by atoms with Crippen molar-refractivity contribution in [2.45, 2.75) is 75.7 Å². The number of hydrogen-bond acceptors (Lipinski definition) is 1. The van der Waals surface area contributed by atoms with Crippen molar-refractivity contribution >= 4 is 19.2 Å². The predicted molar refractivity (Wildman–Crippen MR) is 128 cm³/mol. The Balaban J connectivity index is 1.29. The van der Waals surface area contributed by atoms with E-state index in [9.17, 15) is 17.6 Å². The van der Waals surface area contributed by atoms with Gasteiger partial charge in [-0.2, -0.15) is 11.1 Å². The molecule has 2 aromatic rings. The second kappa shape index (κ2) is 10.8. The molecule has 2 aromatic carbocycles. The smallest absolute Gasteiger partial charge is 0.406 e. The third kappa shape index (κ3) is 6.98. The average Bonchev–Trinajstić information content (AvgIpc) is 2.79. The molecule has 1 nitrogen and oxygen atoms in total. The van der Waals surface area contributed by atoms with Gasteiger partial charge in [0.15, 0.2) is 0 Å². The lowest BCUT2D eigenvalue weighted by Crippen LogP contribution is -2.18. The standard InChI is InChI=1S/C26H31ClF4OSi/c27-33-15-13-19(14-16-33)2-1-18-3-5-20(6-4-18)22-9-12-24(25(28)17-22)21-7-10-23(11-8-21)32-26(29,30)31/h7-12,17-20,33H,1-6,13-16H2/t18-,19?,20-,33?. The summed E-state index contributed by atoms with van der Waals surface area (Å²) in [5.74, 6) is 1.39. The third-order valence-electron chi connectivity index (χ3n) is 7.47. The van der Waals surface area contributed by atoms with Crippen LogP contribution in [-0.4, -0.2) is 14.5 Å². The molecule has 1 aliphatic carbocycles. The molecule has 0 N–H and O–H groups in total. The molecule has 2 aliphatic rings. The fourth-order valence-corrected chi connectivity index (χ4v) is 8.23. The molecule has 0 amide bonds. The topological polar surface area (TPSA) is 9.23 Å². The number of halogens is 5. The van der Waals surface area contributed by atoms with Crippen molar-refractivity contribution in [3.8, 4) is 16.9 Å². The summed E-state index contributed by atoms with van der Waals surface area (Å²) >= 11 is 6.36. The molecule has 0 bridgehead atoms. The molecule has 4 rings (SSSR count). The van der Waals surface area contributed by atoms with Gasteiger partial charge in [-0.15, -0.1) is 13.2 Å². The van der Waals surface area contributed by atoms with Crippen LogP contribution in [0.3, 0.4) is 0 Å². The van der Waals surface area contributed by atoms with E-state index in [1.54, 1.807) is 12.1 Å². The van der Waals surface area contributed by atoms with Crippen LogP contribution in [0.15, 0.2) is 42.5 Å². The highest BCUT2D eigenvalue weighted by molar-refractivity contribution is 7.07. The van der Waals surface area contributed by atoms with Crippen LogP contribution in [0.5, 0.6) is 5.75 Å². The molecule has 1 saturated carbocycles. The molecule has 0 spiro atoms. The van der Waals surface area contributed by atoms with Crippen molar-refractivity contribution in [3.63, 3.8) is 0 Å².